The van der Waals surface area contributed by atoms with Gasteiger partial charge >= 0.3 is 12.1 Å². The molecule has 0 unspecified atom stereocenters. The number of sulfonamides is 1. The second kappa shape index (κ2) is 11.6. The van der Waals surface area contributed by atoms with Gasteiger partial charge in [0, 0.05) is 19.2 Å². The van der Waals surface area contributed by atoms with Gasteiger partial charge in [0.25, 0.3) is 0 Å². The lowest BCUT2D eigenvalue weighted by atomic mass is 10.2. The highest BCUT2D eigenvalue weighted by Gasteiger charge is 2.30. The second-order valence-electron chi connectivity index (χ2n) is 8.42. The van der Waals surface area contributed by atoms with E-state index in [4.69, 9.17) is 32.7 Å². The van der Waals surface area contributed by atoms with Crippen molar-refractivity contribution >= 4 is 51.0 Å². The lowest BCUT2D eigenvalue weighted by molar-refractivity contribution is -0.135. The molecule has 3 aromatic carbocycles. The molecule has 0 saturated carbocycles. The number of carbonyl (C=O) groups is 2. The number of anilines is 1. The number of phenolic OH excluding ortho intramolecular Hbond substituents is 2. The van der Waals surface area contributed by atoms with E-state index in [1.54, 1.807) is 0 Å². The van der Waals surface area contributed by atoms with Crippen LogP contribution in [0.3, 0.4) is 0 Å². The number of phenols is 2. The average Bonchev–Trinajstić information content (AvgIpc) is 3.43. The summed E-state index contributed by atoms with van der Waals surface area (Å²) in [6.45, 7) is -0.110. The molecule has 1 aliphatic heterocycles. The number of hydrogen-bond acceptors (Lipinski definition) is 8. The molecular weight excluding hydrogens is 575 g/mol. The first kappa shape index (κ1) is 28.3. The molecule has 0 aromatic heterocycles. The Labute approximate surface area is 233 Å². The third-order valence-corrected chi connectivity index (χ3v) is 8.17. The summed E-state index contributed by atoms with van der Waals surface area (Å²) in [4.78, 5) is 24.7. The van der Waals surface area contributed by atoms with Gasteiger partial charge in [0.15, 0.2) is 5.75 Å². The topological polar surface area (TPSA) is 154 Å². The molecule has 1 heterocycles. The first-order valence-electron chi connectivity index (χ1n) is 11.5. The van der Waals surface area contributed by atoms with Crippen molar-refractivity contribution in [2.75, 3.05) is 24.5 Å². The van der Waals surface area contributed by atoms with Gasteiger partial charge in [0.1, 0.15) is 34.4 Å². The van der Waals surface area contributed by atoms with E-state index in [0.717, 1.165) is 23.8 Å². The lowest BCUT2D eigenvalue weighted by Gasteiger charge is -2.22. The molecule has 0 bridgehead atoms. The number of carbonyl (C=O) groups excluding carboxylic acids is 1. The lowest BCUT2D eigenvalue weighted by Crippen LogP contribution is -2.37. The molecule has 14 heteroatoms. The quantitative estimate of drug-likeness (QED) is 0.323. The van der Waals surface area contributed by atoms with Crippen LogP contribution in [0.25, 0.3) is 0 Å². The molecule has 0 atom stereocenters. The smallest absolute Gasteiger partial charge is 0.420 e. The SMILES string of the molecule is O=C(O)CN(C(=O)Oc1ccc(O)cc1)c1cc(Cl)c(Oc2ccc(O)c(S(=O)(=O)N3CCCC3)c2)c(Cl)c1. The highest BCUT2D eigenvalue weighted by molar-refractivity contribution is 7.89. The molecule has 0 spiro atoms. The van der Waals surface area contributed by atoms with Crippen LogP contribution in [0, 0.1) is 0 Å². The van der Waals surface area contributed by atoms with Crippen LogP contribution in [0.1, 0.15) is 12.8 Å². The summed E-state index contributed by atoms with van der Waals surface area (Å²) in [5.74, 6) is -1.88. The Hall–Kier alpha value is -3.71. The number of rotatable bonds is 8. The van der Waals surface area contributed by atoms with E-state index in [1.807, 2.05) is 0 Å². The summed E-state index contributed by atoms with van der Waals surface area (Å²) in [7, 11) is -3.96. The third kappa shape index (κ3) is 6.48. The molecule has 1 amide bonds. The van der Waals surface area contributed by atoms with Crippen LogP contribution in [0.15, 0.2) is 59.5 Å². The van der Waals surface area contributed by atoms with Crippen molar-refractivity contribution in [3.05, 3.63) is 64.6 Å². The van der Waals surface area contributed by atoms with Gasteiger partial charge in [-0.05, 0) is 61.4 Å². The maximum Gasteiger partial charge on any atom is 0.420 e. The molecule has 0 radical (unpaired) electrons. The normalized spacial score (nSPS) is 13.7. The molecular formula is C25H22Cl2N2O9S. The van der Waals surface area contributed by atoms with E-state index < -0.39 is 34.4 Å². The van der Waals surface area contributed by atoms with Crippen LogP contribution in [-0.4, -0.2) is 59.7 Å². The minimum atomic E-state index is -3.96. The summed E-state index contributed by atoms with van der Waals surface area (Å²) in [5.41, 5.74) is -0.0217. The van der Waals surface area contributed by atoms with Gasteiger partial charge in [0.2, 0.25) is 10.0 Å². The van der Waals surface area contributed by atoms with Crippen molar-refractivity contribution in [1.82, 2.24) is 4.31 Å². The van der Waals surface area contributed by atoms with E-state index in [9.17, 15) is 33.3 Å². The molecule has 0 aliphatic carbocycles. The van der Waals surface area contributed by atoms with Crippen LogP contribution in [0.4, 0.5) is 10.5 Å². The number of carboxylic acids is 1. The van der Waals surface area contributed by atoms with Crippen molar-refractivity contribution in [2.45, 2.75) is 17.7 Å². The Morgan fingerprint density at radius 3 is 2.10 bits per heavy atom. The molecule has 11 nitrogen and oxygen atoms in total. The third-order valence-electron chi connectivity index (χ3n) is 5.68. The number of carboxylic acid groups (broad SMARTS) is 1. The van der Waals surface area contributed by atoms with E-state index in [0.29, 0.717) is 13.1 Å². The zero-order chi connectivity index (χ0) is 28.3. The Bertz CT molecular complexity index is 1490. The maximum absolute atomic E-state index is 13.0. The minimum Gasteiger partial charge on any atom is -0.508 e. The number of nitrogens with zero attached hydrogens (tertiary/aromatic N) is 2. The van der Waals surface area contributed by atoms with E-state index in [-0.39, 0.29) is 43.6 Å². The molecule has 4 rings (SSSR count). The Kier molecular flexibility index (Phi) is 8.40. The number of aliphatic carboxylic acids is 1. The fraction of sp³-hybridized carbons (Fsp3) is 0.200. The standard InChI is InChI=1S/C25H22Cl2N2O9S/c26-19-11-15(29(14-23(32)33)25(34)38-17-5-3-16(30)4-6-17)12-20(27)24(19)37-18-7-8-21(31)22(13-18)39(35,36)28-9-1-2-10-28/h3-8,11-13,30-31H,1-2,9-10,14H2,(H,32,33). The zero-order valence-corrected chi connectivity index (χ0v) is 22.4. The first-order valence-corrected chi connectivity index (χ1v) is 13.7. The molecule has 3 N–H and O–H groups in total. The van der Waals surface area contributed by atoms with Crippen LogP contribution in [-0.2, 0) is 14.8 Å². The van der Waals surface area contributed by atoms with Crippen molar-refractivity contribution < 1.29 is 42.8 Å². The van der Waals surface area contributed by atoms with E-state index in [1.165, 1.54) is 52.8 Å². The number of ether oxygens (including phenoxy) is 2. The van der Waals surface area contributed by atoms with Crippen LogP contribution < -0.4 is 14.4 Å². The summed E-state index contributed by atoms with van der Waals surface area (Å²) < 4.78 is 38.1. The first-order chi connectivity index (χ1) is 18.5. The van der Waals surface area contributed by atoms with Crippen LogP contribution in [0.2, 0.25) is 10.0 Å². The summed E-state index contributed by atoms with van der Waals surface area (Å²) >= 11 is 12.7. The van der Waals surface area contributed by atoms with Gasteiger partial charge in [0.05, 0.1) is 15.7 Å². The predicted octanol–water partition coefficient (Wildman–Crippen LogP) is 5.07. The molecule has 206 valence electrons. The van der Waals surface area contributed by atoms with Crippen LogP contribution in [0.5, 0.6) is 28.7 Å². The molecule has 1 aliphatic rings. The van der Waals surface area contributed by atoms with Gasteiger partial charge in [-0.15, -0.1) is 0 Å². The summed E-state index contributed by atoms with van der Waals surface area (Å²) in [5, 5.41) is 28.7. The van der Waals surface area contributed by atoms with Crippen molar-refractivity contribution in [2.24, 2.45) is 0 Å². The van der Waals surface area contributed by atoms with Crippen molar-refractivity contribution in [3.8, 4) is 28.7 Å². The van der Waals surface area contributed by atoms with Gasteiger partial charge in [-0.25, -0.2) is 13.2 Å². The molecule has 1 saturated heterocycles. The zero-order valence-electron chi connectivity index (χ0n) is 20.1. The average molecular weight is 597 g/mol. The molecule has 3 aromatic rings. The number of benzene rings is 3. The fourth-order valence-corrected chi connectivity index (χ4v) is 5.98. The highest BCUT2D eigenvalue weighted by Crippen LogP contribution is 2.41. The van der Waals surface area contributed by atoms with Crippen molar-refractivity contribution in [3.63, 3.8) is 0 Å². The van der Waals surface area contributed by atoms with Gasteiger partial charge in [-0.1, -0.05) is 23.2 Å². The van der Waals surface area contributed by atoms with Gasteiger partial charge in [-0.2, -0.15) is 4.31 Å². The summed E-state index contributed by atoms with van der Waals surface area (Å²) in [6.07, 6.45) is 0.378. The highest BCUT2D eigenvalue weighted by atomic mass is 35.5. The number of hydrogen-bond donors (Lipinski definition) is 3. The number of halogens is 2. The predicted molar refractivity (Wildman–Crippen MR) is 142 cm³/mol. The Morgan fingerprint density at radius 1 is 0.923 bits per heavy atom. The minimum absolute atomic E-state index is 0.0104. The van der Waals surface area contributed by atoms with E-state index >= 15 is 0 Å². The van der Waals surface area contributed by atoms with Crippen LogP contribution >= 0.6 is 23.2 Å². The van der Waals surface area contributed by atoms with Gasteiger partial charge < -0.3 is 24.8 Å². The fourth-order valence-electron chi connectivity index (χ4n) is 3.82. The number of aromatic hydroxyl groups is 2. The van der Waals surface area contributed by atoms with Crippen molar-refractivity contribution in [1.29, 1.82) is 0 Å². The van der Waals surface area contributed by atoms with E-state index in [2.05, 4.69) is 0 Å². The summed E-state index contributed by atoms with van der Waals surface area (Å²) in [6, 6.07) is 11.3. The Balaban J connectivity index is 1.61. The molecule has 39 heavy (non-hydrogen) atoms. The maximum atomic E-state index is 13.0. The monoisotopic (exact) mass is 596 g/mol. The largest absolute Gasteiger partial charge is 0.508 e. The second-order valence-corrected chi connectivity index (χ2v) is 11.1. The Morgan fingerprint density at radius 2 is 1.51 bits per heavy atom. The molecule has 1 fully saturated rings. The number of amides is 1. The van der Waals surface area contributed by atoms with Gasteiger partial charge in [-0.3, -0.25) is 9.69 Å².